The summed E-state index contributed by atoms with van der Waals surface area (Å²) in [6, 6.07) is 24.4. The van der Waals surface area contributed by atoms with E-state index >= 15 is 0 Å². The minimum atomic E-state index is -2.12. The Kier molecular flexibility index (Phi) is 8.43. The molecule has 3 aliphatic rings. The van der Waals surface area contributed by atoms with Gasteiger partial charge in [-0.1, -0.05) is 84.5 Å². The lowest BCUT2D eigenvalue weighted by Gasteiger charge is -2.32. The first kappa shape index (κ1) is 28.7. The molecular weight excluding hydrogens is 557 g/mol. The summed E-state index contributed by atoms with van der Waals surface area (Å²) in [5, 5.41) is 2.81. The maximum atomic E-state index is 12.6. The van der Waals surface area contributed by atoms with Crippen molar-refractivity contribution in [1.82, 2.24) is 14.2 Å². The second kappa shape index (κ2) is 12.0. The minimum absolute atomic E-state index is 0.0571. The van der Waals surface area contributed by atoms with E-state index in [1.54, 1.807) is 7.11 Å². The number of methoxy groups -OCH3 is 1. The maximum absolute atomic E-state index is 12.6. The third-order valence-corrected chi connectivity index (χ3v) is 15.1. The van der Waals surface area contributed by atoms with E-state index in [1.807, 2.05) is 6.92 Å². The van der Waals surface area contributed by atoms with Crippen LogP contribution in [0.4, 0.5) is 0 Å². The van der Waals surface area contributed by atoms with E-state index in [0.717, 1.165) is 25.4 Å². The van der Waals surface area contributed by atoms with Crippen LogP contribution in [-0.4, -0.2) is 66.4 Å². The zero-order chi connectivity index (χ0) is 28.6. The number of nitrogens with zero attached hydrogens (tertiary/aromatic N) is 2. The number of nitrogens with one attached hydrogen (secondary N) is 1. The Hall–Kier alpha value is -2.43. The molecular formula is C30H38N3O6PSi. The van der Waals surface area contributed by atoms with Crippen LogP contribution in [0.5, 0.6) is 0 Å². The number of hydrogen-bond donors (Lipinski definition) is 1. The van der Waals surface area contributed by atoms with Gasteiger partial charge in [-0.15, -0.1) is 0 Å². The van der Waals surface area contributed by atoms with Crippen LogP contribution in [0.1, 0.15) is 32.4 Å². The monoisotopic (exact) mass is 595 g/mol. The van der Waals surface area contributed by atoms with Crippen molar-refractivity contribution >= 4 is 27.0 Å². The van der Waals surface area contributed by atoms with E-state index < -0.39 is 46.3 Å². The summed E-state index contributed by atoms with van der Waals surface area (Å²) < 4.78 is 29.7. The number of rotatable bonds is 9. The average Bonchev–Trinajstić information content (AvgIpc) is 3.69. The molecule has 9 nitrogen and oxygen atoms in total. The second-order valence-electron chi connectivity index (χ2n) is 11.3. The van der Waals surface area contributed by atoms with E-state index in [-0.39, 0.29) is 12.2 Å². The normalized spacial score (nSPS) is 30.1. The number of aromatic amines is 1. The fourth-order valence-corrected chi connectivity index (χ4v) is 12.6. The molecule has 3 saturated heterocycles. The van der Waals surface area contributed by atoms with E-state index in [9.17, 15) is 9.59 Å². The Morgan fingerprint density at radius 1 is 1.00 bits per heavy atom. The Bertz CT molecular complexity index is 1400. The van der Waals surface area contributed by atoms with Gasteiger partial charge in [0.2, 0.25) is 0 Å². The lowest BCUT2D eigenvalue weighted by atomic mass is 10.1. The van der Waals surface area contributed by atoms with Gasteiger partial charge in [0.15, 0.2) is 6.23 Å². The summed E-state index contributed by atoms with van der Waals surface area (Å²) in [4.78, 5) is 26.6. The SMILES string of the molecule is CC[C@H]1O[C@@H](n2ccc(=O)[nH]c2=O)C(OC)[C@H]1O[P@@]1O[C@H](C[Si](C)(c2ccccc2)c2ccccc2)[C@@H]2CCCN21. The molecule has 11 heteroatoms. The van der Waals surface area contributed by atoms with Crippen molar-refractivity contribution < 1.29 is 18.5 Å². The summed E-state index contributed by atoms with van der Waals surface area (Å²) in [5.41, 5.74) is -0.984. The van der Waals surface area contributed by atoms with Crippen molar-refractivity contribution in [1.29, 1.82) is 0 Å². The molecule has 3 fully saturated rings. The van der Waals surface area contributed by atoms with E-state index in [4.69, 9.17) is 18.5 Å². The second-order valence-corrected chi connectivity index (χ2v) is 16.9. The molecule has 2 aromatic carbocycles. The highest BCUT2D eigenvalue weighted by molar-refractivity contribution is 7.45. The fraction of sp³-hybridized carbons (Fsp3) is 0.467. The van der Waals surface area contributed by atoms with Crippen LogP contribution in [0, 0.1) is 0 Å². The third kappa shape index (κ3) is 5.43. The van der Waals surface area contributed by atoms with Gasteiger partial charge in [0.25, 0.3) is 14.1 Å². The number of ether oxygens (including phenoxy) is 2. The molecule has 0 amide bonds. The maximum Gasteiger partial charge on any atom is 0.330 e. The molecule has 0 saturated carbocycles. The number of fused-ring (bicyclic) bond motifs is 1. The largest absolute Gasteiger partial charge is 0.374 e. The van der Waals surface area contributed by atoms with Gasteiger partial charge in [-0.05, 0) is 25.3 Å². The standard InChI is InChI=1S/C30H38N3O6PSi/c1-4-24-27(28(36-2)29(37-24)32-19-17-26(34)31-30(32)35)39-40-33-18-11-16-23(33)25(38-40)20-41(3,21-12-7-5-8-13-21)22-14-9-6-10-15-22/h5-10,12-15,17,19,23-25,27-29H,4,11,16,18,20H2,1-3H3,(H,31,34,35)/t23-,24+,25+,27-,28?,29+,40+/m0/s1. The molecule has 218 valence electrons. The zero-order valence-corrected chi connectivity index (χ0v) is 25.6. The molecule has 0 bridgehead atoms. The van der Waals surface area contributed by atoms with Gasteiger partial charge in [0.05, 0.1) is 12.2 Å². The summed E-state index contributed by atoms with van der Waals surface area (Å²) >= 11 is 0. The highest BCUT2D eigenvalue weighted by Gasteiger charge is 2.54. The van der Waals surface area contributed by atoms with E-state index in [2.05, 4.69) is 76.9 Å². The van der Waals surface area contributed by atoms with Crippen LogP contribution >= 0.6 is 8.53 Å². The van der Waals surface area contributed by atoms with Crippen molar-refractivity contribution in [3.63, 3.8) is 0 Å². The fourth-order valence-electron chi connectivity index (χ4n) is 6.65. The molecule has 3 aliphatic heterocycles. The molecule has 1 aromatic heterocycles. The van der Waals surface area contributed by atoms with Crippen molar-refractivity contribution in [2.24, 2.45) is 0 Å². The van der Waals surface area contributed by atoms with E-state index in [0.29, 0.717) is 12.5 Å². The summed E-state index contributed by atoms with van der Waals surface area (Å²) in [7, 11) is -1.86. The first-order valence-electron chi connectivity index (χ1n) is 14.4. The quantitative estimate of drug-likeness (QED) is 0.300. The summed E-state index contributed by atoms with van der Waals surface area (Å²) in [5.74, 6) is 0. The van der Waals surface area contributed by atoms with Gasteiger partial charge in [-0.2, -0.15) is 0 Å². The first-order chi connectivity index (χ1) is 19.9. The predicted octanol–water partition coefficient (Wildman–Crippen LogP) is 3.23. The minimum Gasteiger partial charge on any atom is -0.374 e. The van der Waals surface area contributed by atoms with Gasteiger partial charge in [0.1, 0.15) is 20.3 Å². The summed E-state index contributed by atoms with van der Waals surface area (Å²) in [6.07, 6.45) is 2.43. The van der Waals surface area contributed by atoms with Gasteiger partial charge in [0, 0.05) is 32.0 Å². The molecule has 3 aromatic rings. The predicted molar refractivity (Wildman–Crippen MR) is 161 cm³/mol. The van der Waals surface area contributed by atoms with Crippen molar-refractivity contribution in [3.05, 3.63) is 93.8 Å². The van der Waals surface area contributed by atoms with Crippen molar-refractivity contribution in [2.75, 3.05) is 13.7 Å². The van der Waals surface area contributed by atoms with Gasteiger partial charge < -0.3 is 18.5 Å². The highest BCUT2D eigenvalue weighted by atomic mass is 31.2. The molecule has 0 radical (unpaired) electrons. The number of H-pyrrole nitrogens is 1. The van der Waals surface area contributed by atoms with Crippen molar-refractivity contribution in [3.8, 4) is 0 Å². The van der Waals surface area contributed by atoms with Crippen LogP contribution in [-0.2, 0) is 18.5 Å². The summed E-state index contributed by atoms with van der Waals surface area (Å²) in [6.45, 7) is 5.42. The lowest BCUT2D eigenvalue weighted by molar-refractivity contribution is -0.0538. The Labute approximate surface area is 242 Å². The van der Waals surface area contributed by atoms with Gasteiger partial charge in [-0.25, -0.2) is 9.46 Å². The number of aromatic nitrogens is 2. The molecule has 4 heterocycles. The zero-order valence-electron chi connectivity index (χ0n) is 23.7. The van der Waals surface area contributed by atoms with Crippen LogP contribution in [0.25, 0.3) is 0 Å². The lowest BCUT2D eigenvalue weighted by Crippen LogP contribution is -2.58. The van der Waals surface area contributed by atoms with Crippen LogP contribution in [0.15, 0.2) is 82.5 Å². The highest BCUT2D eigenvalue weighted by Crippen LogP contribution is 2.59. The molecule has 1 unspecified atom stereocenters. The smallest absolute Gasteiger partial charge is 0.330 e. The number of benzene rings is 2. The Morgan fingerprint density at radius 2 is 1.68 bits per heavy atom. The van der Waals surface area contributed by atoms with Crippen molar-refractivity contribution in [2.45, 2.75) is 75.5 Å². The topological polar surface area (TPSA) is 95.0 Å². The van der Waals surface area contributed by atoms with Crippen LogP contribution in [0.2, 0.25) is 12.6 Å². The van der Waals surface area contributed by atoms with E-state index in [1.165, 1.54) is 27.2 Å². The first-order valence-corrected chi connectivity index (χ1v) is 18.3. The number of hydrogen-bond acceptors (Lipinski definition) is 7. The Morgan fingerprint density at radius 3 is 2.29 bits per heavy atom. The molecule has 1 N–H and O–H groups in total. The Balaban J connectivity index is 1.26. The molecule has 7 atom stereocenters. The molecule has 41 heavy (non-hydrogen) atoms. The van der Waals surface area contributed by atoms with Gasteiger partial charge >= 0.3 is 5.69 Å². The molecule has 0 spiro atoms. The molecule has 0 aliphatic carbocycles. The van der Waals surface area contributed by atoms with Gasteiger partial charge in [-0.3, -0.25) is 14.3 Å². The van der Waals surface area contributed by atoms with Crippen LogP contribution in [0.3, 0.4) is 0 Å². The third-order valence-electron chi connectivity index (χ3n) is 8.86. The average molecular weight is 596 g/mol. The van der Waals surface area contributed by atoms with Crippen LogP contribution < -0.4 is 21.6 Å². The molecule has 6 rings (SSSR count).